The topological polar surface area (TPSA) is 30.5 Å². The molecule has 0 heterocycles. The highest BCUT2D eigenvalue weighted by molar-refractivity contribution is 9.10. The Morgan fingerprint density at radius 2 is 2.00 bits per heavy atom. The normalized spacial score (nSPS) is 23.1. The van der Waals surface area contributed by atoms with Crippen molar-refractivity contribution in [2.75, 3.05) is 21.3 Å². The fraction of sp³-hybridized carbons (Fsp3) is 0.571. The maximum atomic E-state index is 5.57. The number of halogens is 1. The van der Waals surface area contributed by atoms with Crippen LogP contribution in [0.2, 0.25) is 0 Å². The summed E-state index contributed by atoms with van der Waals surface area (Å²) in [6.45, 7) is 0. The summed E-state index contributed by atoms with van der Waals surface area (Å²) in [6, 6.07) is 4.68. The second kappa shape index (κ2) is 5.93. The van der Waals surface area contributed by atoms with Crippen molar-refractivity contribution >= 4 is 15.9 Å². The first-order valence-corrected chi connectivity index (χ1v) is 7.09. The number of nitrogens with one attached hydrogen (secondary N) is 1. The second-order valence-electron chi connectivity index (χ2n) is 4.64. The van der Waals surface area contributed by atoms with Crippen molar-refractivity contribution < 1.29 is 9.47 Å². The monoisotopic (exact) mass is 313 g/mol. The molecule has 2 rings (SSSR count). The van der Waals surface area contributed by atoms with Crippen molar-refractivity contribution in [2.24, 2.45) is 0 Å². The third-order valence-corrected chi connectivity index (χ3v) is 4.55. The molecule has 100 valence electrons. The number of hydrogen-bond acceptors (Lipinski definition) is 3. The molecule has 2 unspecified atom stereocenters. The number of rotatable bonds is 4. The molecular formula is C14H20BrNO2. The first kappa shape index (κ1) is 13.7. The lowest BCUT2D eigenvalue weighted by Crippen LogP contribution is -2.27. The van der Waals surface area contributed by atoms with Gasteiger partial charge in [0.15, 0.2) is 0 Å². The lowest BCUT2D eigenvalue weighted by Gasteiger charge is -2.23. The molecule has 0 bridgehead atoms. The largest absolute Gasteiger partial charge is 0.495 e. The van der Waals surface area contributed by atoms with Crippen LogP contribution < -0.4 is 14.8 Å². The van der Waals surface area contributed by atoms with E-state index in [2.05, 4.69) is 27.3 Å². The fourth-order valence-corrected chi connectivity index (χ4v) is 3.57. The Balaban J connectivity index is 2.41. The highest BCUT2D eigenvalue weighted by Crippen LogP contribution is 2.45. The summed E-state index contributed by atoms with van der Waals surface area (Å²) < 4.78 is 11.8. The molecule has 1 aromatic rings. The summed E-state index contributed by atoms with van der Waals surface area (Å²) in [5.41, 5.74) is 1.27. The Bertz CT molecular complexity index is 423. The van der Waals surface area contributed by atoms with Crippen LogP contribution in [0.25, 0.3) is 0 Å². The van der Waals surface area contributed by atoms with Gasteiger partial charge in [0.2, 0.25) is 0 Å². The van der Waals surface area contributed by atoms with E-state index in [0.717, 1.165) is 16.0 Å². The van der Waals surface area contributed by atoms with E-state index in [0.29, 0.717) is 12.0 Å². The van der Waals surface area contributed by atoms with E-state index in [1.54, 1.807) is 14.2 Å². The van der Waals surface area contributed by atoms with Crippen LogP contribution >= 0.6 is 15.9 Å². The van der Waals surface area contributed by atoms with Crippen LogP contribution in [-0.4, -0.2) is 27.3 Å². The zero-order valence-corrected chi connectivity index (χ0v) is 12.7. The van der Waals surface area contributed by atoms with E-state index in [1.165, 1.54) is 24.8 Å². The number of hydrogen-bond donors (Lipinski definition) is 1. The van der Waals surface area contributed by atoms with Gasteiger partial charge in [-0.25, -0.2) is 0 Å². The van der Waals surface area contributed by atoms with Crippen molar-refractivity contribution in [2.45, 2.75) is 31.2 Å². The molecule has 1 saturated carbocycles. The highest BCUT2D eigenvalue weighted by atomic mass is 79.9. The number of likely N-dealkylation sites (N-methyl/N-ethyl adjacent to an activating group) is 1. The van der Waals surface area contributed by atoms with E-state index in [9.17, 15) is 0 Å². The predicted octanol–water partition coefficient (Wildman–Crippen LogP) is 3.32. The van der Waals surface area contributed by atoms with E-state index >= 15 is 0 Å². The third kappa shape index (κ3) is 2.36. The zero-order chi connectivity index (χ0) is 13.1. The molecule has 1 aliphatic rings. The fourth-order valence-electron chi connectivity index (χ4n) is 2.89. The molecule has 0 saturated heterocycles. The molecule has 4 heteroatoms. The Morgan fingerprint density at radius 3 is 2.61 bits per heavy atom. The minimum atomic E-state index is 0.521. The Morgan fingerprint density at radius 1 is 1.22 bits per heavy atom. The summed E-state index contributed by atoms with van der Waals surface area (Å²) in [6.07, 6.45) is 3.71. The van der Waals surface area contributed by atoms with Gasteiger partial charge in [-0.05, 0) is 41.9 Å². The van der Waals surface area contributed by atoms with Crippen molar-refractivity contribution in [1.82, 2.24) is 5.32 Å². The summed E-state index contributed by atoms with van der Waals surface area (Å²) >= 11 is 3.57. The molecule has 18 heavy (non-hydrogen) atoms. The van der Waals surface area contributed by atoms with Crippen LogP contribution in [-0.2, 0) is 0 Å². The van der Waals surface area contributed by atoms with Crippen molar-refractivity contribution in [3.8, 4) is 11.5 Å². The Hall–Kier alpha value is -0.740. The lowest BCUT2D eigenvalue weighted by atomic mass is 9.93. The predicted molar refractivity (Wildman–Crippen MR) is 76.7 cm³/mol. The first-order valence-electron chi connectivity index (χ1n) is 6.30. The first-order chi connectivity index (χ1) is 8.72. The summed E-state index contributed by atoms with van der Waals surface area (Å²) in [5.74, 6) is 2.24. The summed E-state index contributed by atoms with van der Waals surface area (Å²) in [4.78, 5) is 0. The maximum Gasteiger partial charge on any atom is 0.140 e. The van der Waals surface area contributed by atoms with E-state index in [4.69, 9.17) is 9.47 Å². The van der Waals surface area contributed by atoms with Crippen molar-refractivity contribution in [3.05, 3.63) is 22.2 Å². The quantitative estimate of drug-likeness (QED) is 0.925. The van der Waals surface area contributed by atoms with E-state index in [1.807, 2.05) is 13.1 Å². The number of ether oxygens (including phenoxy) is 2. The molecule has 1 aliphatic carbocycles. The molecule has 1 N–H and O–H groups in total. The SMILES string of the molecule is CNC1CCCC1c1ccc(OC)c(Br)c1OC. The van der Waals surface area contributed by atoms with Gasteiger partial charge in [0.25, 0.3) is 0 Å². The van der Waals surface area contributed by atoms with Crippen LogP contribution in [0.4, 0.5) is 0 Å². The van der Waals surface area contributed by atoms with Gasteiger partial charge >= 0.3 is 0 Å². The van der Waals surface area contributed by atoms with Gasteiger partial charge in [0.1, 0.15) is 16.0 Å². The molecule has 3 nitrogen and oxygen atoms in total. The molecule has 0 aromatic heterocycles. The van der Waals surface area contributed by atoms with Gasteiger partial charge in [0, 0.05) is 17.5 Å². The van der Waals surface area contributed by atoms with Crippen molar-refractivity contribution in [1.29, 1.82) is 0 Å². The molecule has 0 spiro atoms. The molecular weight excluding hydrogens is 294 g/mol. The average Bonchev–Trinajstić information content (AvgIpc) is 2.86. The van der Waals surface area contributed by atoms with Crippen LogP contribution in [0, 0.1) is 0 Å². The van der Waals surface area contributed by atoms with Gasteiger partial charge < -0.3 is 14.8 Å². The van der Waals surface area contributed by atoms with Crippen molar-refractivity contribution in [3.63, 3.8) is 0 Å². The second-order valence-corrected chi connectivity index (χ2v) is 5.43. The van der Waals surface area contributed by atoms with Gasteiger partial charge in [-0.15, -0.1) is 0 Å². The van der Waals surface area contributed by atoms with Crippen LogP contribution in [0.15, 0.2) is 16.6 Å². The number of benzene rings is 1. The summed E-state index contributed by atoms with van der Waals surface area (Å²) in [5, 5.41) is 3.41. The Kier molecular flexibility index (Phi) is 4.51. The van der Waals surface area contributed by atoms with Gasteiger partial charge in [-0.1, -0.05) is 12.5 Å². The van der Waals surface area contributed by atoms with Gasteiger partial charge in [0.05, 0.1) is 14.2 Å². The third-order valence-electron chi connectivity index (χ3n) is 3.80. The minimum absolute atomic E-state index is 0.521. The van der Waals surface area contributed by atoms with Crippen LogP contribution in [0.5, 0.6) is 11.5 Å². The molecule has 1 aromatic carbocycles. The molecule has 2 atom stereocenters. The zero-order valence-electron chi connectivity index (χ0n) is 11.1. The lowest BCUT2D eigenvalue weighted by molar-refractivity contribution is 0.380. The number of methoxy groups -OCH3 is 2. The molecule has 0 radical (unpaired) electrons. The van der Waals surface area contributed by atoms with Gasteiger partial charge in [-0.2, -0.15) is 0 Å². The smallest absolute Gasteiger partial charge is 0.140 e. The molecule has 0 amide bonds. The highest BCUT2D eigenvalue weighted by Gasteiger charge is 2.30. The molecule has 0 aliphatic heterocycles. The van der Waals surface area contributed by atoms with Crippen LogP contribution in [0.1, 0.15) is 30.7 Å². The average molecular weight is 314 g/mol. The standard InChI is InChI=1S/C14H20BrNO2/c1-16-11-6-4-5-9(11)10-7-8-12(17-2)13(15)14(10)18-3/h7-9,11,16H,4-6H2,1-3H3. The summed E-state index contributed by atoms with van der Waals surface area (Å²) in [7, 11) is 5.42. The van der Waals surface area contributed by atoms with E-state index < -0.39 is 0 Å². The maximum absolute atomic E-state index is 5.57. The van der Waals surface area contributed by atoms with E-state index in [-0.39, 0.29) is 0 Å². The molecule has 1 fully saturated rings. The minimum Gasteiger partial charge on any atom is -0.495 e. The Labute approximate surface area is 117 Å². The van der Waals surface area contributed by atoms with Gasteiger partial charge in [-0.3, -0.25) is 0 Å². The van der Waals surface area contributed by atoms with Crippen LogP contribution in [0.3, 0.4) is 0 Å².